The van der Waals surface area contributed by atoms with Crippen LogP contribution >= 0.6 is 11.8 Å². The maximum absolute atomic E-state index is 12.1. The van der Waals surface area contributed by atoms with Crippen LogP contribution in [0.1, 0.15) is 64.5 Å². The van der Waals surface area contributed by atoms with Crippen molar-refractivity contribution in [1.82, 2.24) is 15.5 Å². The van der Waals surface area contributed by atoms with Crippen LogP contribution in [0.25, 0.3) is 0 Å². The molecule has 1 aliphatic heterocycles. The van der Waals surface area contributed by atoms with Crippen molar-refractivity contribution in [2.75, 3.05) is 5.32 Å². The summed E-state index contributed by atoms with van der Waals surface area (Å²) in [6.07, 6.45) is 4.75. The molecule has 0 radical (unpaired) electrons. The van der Waals surface area contributed by atoms with Crippen LogP contribution in [0.2, 0.25) is 0 Å². The molecule has 1 saturated carbocycles. The second-order valence-electron chi connectivity index (χ2n) is 8.30. The monoisotopic (exact) mass is 377 g/mol. The third-order valence-corrected chi connectivity index (χ3v) is 6.42. The molecule has 7 nitrogen and oxygen atoms in total. The number of nitrogens with zero attached hydrogens (tertiary/aromatic N) is 1. The molecule has 2 fully saturated rings. The lowest BCUT2D eigenvalue weighted by atomic mass is 9.69. The van der Waals surface area contributed by atoms with Crippen molar-refractivity contribution < 1.29 is 9.59 Å². The summed E-state index contributed by atoms with van der Waals surface area (Å²) in [5.74, 6) is 1.18. The number of rotatable bonds is 4. The largest absolute Gasteiger partial charge is 0.309 e. The van der Waals surface area contributed by atoms with Crippen LogP contribution in [-0.4, -0.2) is 32.4 Å². The Balaban J connectivity index is 1.51. The molecule has 0 spiro atoms. The van der Waals surface area contributed by atoms with E-state index in [0.29, 0.717) is 17.2 Å². The van der Waals surface area contributed by atoms with Crippen LogP contribution < -0.4 is 10.6 Å². The molecule has 1 atom stereocenters. The summed E-state index contributed by atoms with van der Waals surface area (Å²) in [5, 5.41) is 19.4. The number of thioether (sulfide) groups is 1. The zero-order valence-corrected chi connectivity index (χ0v) is 16.3. The van der Waals surface area contributed by atoms with E-state index >= 15 is 0 Å². The number of hydrogen-bond acceptors (Lipinski definition) is 5. The molecule has 142 valence electrons. The first-order valence-corrected chi connectivity index (χ1v) is 10.0. The molecule has 26 heavy (non-hydrogen) atoms. The molecule has 1 saturated heterocycles. The van der Waals surface area contributed by atoms with E-state index in [1.54, 1.807) is 0 Å². The molecule has 0 aromatic carbocycles. The van der Waals surface area contributed by atoms with E-state index in [2.05, 4.69) is 41.6 Å². The first-order chi connectivity index (χ1) is 12.2. The van der Waals surface area contributed by atoms with Gasteiger partial charge in [-0.1, -0.05) is 32.5 Å². The molecule has 2 amide bonds. The fourth-order valence-corrected chi connectivity index (χ4v) is 4.64. The van der Waals surface area contributed by atoms with Crippen LogP contribution in [0.5, 0.6) is 0 Å². The minimum atomic E-state index is -0.534. The first-order valence-electron chi connectivity index (χ1n) is 9.13. The average molecular weight is 378 g/mol. The van der Waals surface area contributed by atoms with E-state index in [4.69, 9.17) is 5.41 Å². The van der Waals surface area contributed by atoms with Gasteiger partial charge in [-0.15, -0.1) is 0 Å². The molecule has 2 heterocycles. The Morgan fingerprint density at radius 1 is 1.35 bits per heavy atom. The van der Waals surface area contributed by atoms with Crippen molar-refractivity contribution in [1.29, 1.82) is 5.41 Å². The molecular formula is C18H27N5O2S. The van der Waals surface area contributed by atoms with Crippen LogP contribution in [0.15, 0.2) is 6.07 Å². The third-order valence-electron chi connectivity index (χ3n) is 5.42. The van der Waals surface area contributed by atoms with E-state index < -0.39 is 5.25 Å². The van der Waals surface area contributed by atoms with Gasteiger partial charge in [0, 0.05) is 24.1 Å². The summed E-state index contributed by atoms with van der Waals surface area (Å²) >= 11 is 1.08. The van der Waals surface area contributed by atoms with Gasteiger partial charge < -0.3 is 10.6 Å². The van der Waals surface area contributed by atoms with Crippen molar-refractivity contribution in [3.8, 4) is 0 Å². The second-order valence-corrected chi connectivity index (χ2v) is 9.51. The summed E-state index contributed by atoms with van der Waals surface area (Å²) in [5.41, 5.74) is 1.43. The van der Waals surface area contributed by atoms with Crippen molar-refractivity contribution in [3.63, 3.8) is 0 Å². The smallest absolute Gasteiger partial charge is 0.240 e. The Hall–Kier alpha value is -1.83. The predicted molar refractivity (Wildman–Crippen MR) is 103 cm³/mol. The number of aromatic nitrogens is 2. The lowest BCUT2D eigenvalue weighted by molar-refractivity contribution is -0.122. The van der Waals surface area contributed by atoms with Gasteiger partial charge in [0.05, 0.1) is 0 Å². The number of anilines is 1. The normalized spacial score (nSPS) is 26.7. The highest BCUT2D eigenvalue weighted by molar-refractivity contribution is 8.15. The maximum atomic E-state index is 12.1. The zero-order chi connectivity index (χ0) is 18.9. The lowest BCUT2D eigenvalue weighted by Gasteiger charge is -2.36. The highest BCUT2D eigenvalue weighted by atomic mass is 32.2. The van der Waals surface area contributed by atoms with Crippen molar-refractivity contribution in [3.05, 3.63) is 11.8 Å². The van der Waals surface area contributed by atoms with Gasteiger partial charge in [-0.2, -0.15) is 5.10 Å². The molecule has 1 aromatic heterocycles. The number of nitrogens with one attached hydrogen (secondary N) is 4. The van der Waals surface area contributed by atoms with E-state index in [1.807, 2.05) is 6.07 Å². The topological polar surface area (TPSA) is 111 Å². The second kappa shape index (κ2) is 7.42. The Morgan fingerprint density at radius 2 is 2.04 bits per heavy atom. The highest BCUT2D eigenvalue weighted by Gasteiger charge is 2.32. The SMILES string of the molecule is CC(C)(C)C1CCC(c2cc(NC(=O)CC3SC(=N)NC3=O)n[nH]2)CC1. The molecule has 1 aromatic rings. The van der Waals surface area contributed by atoms with E-state index in [-0.39, 0.29) is 23.4 Å². The Morgan fingerprint density at radius 3 is 2.62 bits per heavy atom. The van der Waals surface area contributed by atoms with Crippen molar-refractivity contribution in [2.24, 2.45) is 11.3 Å². The maximum Gasteiger partial charge on any atom is 0.240 e. The van der Waals surface area contributed by atoms with Crippen LogP contribution in [0.3, 0.4) is 0 Å². The summed E-state index contributed by atoms with van der Waals surface area (Å²) in [7, 11) is 0. The molecule has 0 bridgehead atoms. The van der Waals surface area contributed by atoms with Gasteiger partial charge in [0.25, 0.3) is 0 Å². The number of carbonyl (C=O) groups excluding carboxylic acids is 2. The number of amidine groups is 1. The van der Waals surface area contributed by atoms with Crippen LogP contribution in [-0.2, 0) is 9.59 Å². The van der Waals surface area contributed by atoms with Gasteiger partial charge >= 0.3 is 0 Å². The fraction of sp³-hybridized carbons (Fsp3) is 0.667. The molecule has 1 aliphatic carbocycles. The summed E-state index contributed by atoms with van der Waals surface area (Å²) < 4.78 is 0. The number of aromatic amines is 1. The van der Waals surface area contributed by atoms with E-state index in [1.165, 1.54) is 12.8 Å². The first kappa shape index (κ1) is 18.9. The minimum Gasteiger partial charge on any atom is -0.309 e. The van der Waals surface area contributed by atoms with Gasteiger partial charge in [0.1, 0.15) is 5.25 Å². The van der Waals surface area contributed by atoms with Gasteiger partial charge in [0.2, 0.25) is 11.8 Å². The molecule has 8 heteroatoms. The molecule has 1 unspecified atom stereocenters. The standard InChI is InChI=1S/C18H27N5O2S/c1-18(2,3)11-6-4-10(5-7-11)12-8-14(23-22-12)20-15(24)9-13-16(25)21-17(19)26-13/h8,10-11,13H,4-7,9H2,1-3H3,(H2,19,21,25)(H2,20,22,23,24). The number of amides is 2. The molecule has 2 aliphatic rings. The lowest BCUT2D eigenvalue weighted by Crippen LogP contribution is -2.27. The number of hydrogen-bond donors (Lipinski definition) is 4. The molecule has 3 rings (SSSR count). The predicted octanol–water partition coefficient (Wildman–Crippen LogP) is 3.22. The third kappa shape index (κ3) is 4.47. The summed E-state index contributed by atoms with van der Waals surface area (Å²) in [6, 6.07) is 1.91. The average Bonchev–Trinajstić information content (AvgIpc) is 3.13. The van der Waals surface area contributed by atoms with Crippen LogP contribution in [0, 0.1) is 16.7 Å². The van der Waals surface area contributed by atoms with Crippen molar-refractivity contribution in [2.45, 2.75) is 64.0 Å². The van der Waals surface area contributed by atoms with E-state index in [0.717, 1.165) is 36.2 Å². The number of carbonyl (C=O) groups is 2. The van der Waals surface area contributed by atoms with Crippen molar-refractivity contribution >= 4 is 34.6 Å². The fourth-order valence-electron chi connectivity index (χ4n) is 3.79. The Kier molecular flexibility index (Phi) is 5.41. The quantitative estimate of drug-likeness (QED) is 0.645. The Bertz CT molecular complexity index is 701. The summed E-state index contributed by atoms with van der Waals surface area (Å²) in [6.45, 7) is 6.94. The van der Waals surface area contributed by atoms with Gasteiger partial charge in [0.15, 0.2) is 11.0 Å². The van der Waals surface area contributed by atoms with E-state index in [9.17, 15) is 9.59 Å². The highest BCUT2D eigenvalue weighted by Crippen LogP contribution is 2.42. The molecule has 4 N–H and O–H groups in total. The Labute approximate surface area is 158 Å². The minimum absolute atomic E-state index is 0.0394. The molecular weight excluding hydrogens is 350 g/mol. The number of H-pyrrole nitrogens is 1. The van der Waals surface area contributed by atoms with Gasteiger partial charge in [-0.25, -0.2) is 0 Å². The summed E-state index contributed by atoms with van der Waals surface area (Å²) in [4.78, 5) is 23.7. The van der Waals surface area contributed by atoms with Gasteiger partial charge in [-0.3, -0.25) is 20.1 Å². The van der Waals surface area contributed by atoms with Gasteiger partial charge in [-0.05, 0) is 37.0 Å². The zero-order valence-electron chi connectivity index (χ0n) is 15.5. The van der Waals surface area contributed by atoms with Crippen LogP contribution in [0.4, 0.5) is 5.82 Å².